The smallest absolute Gasteiger partial charge is 0.243 e. The lowest BCUT2D eigenvalue weighted by molar-refractivity contribution is 0.414. The molecule has 35 heavy (non-hydrogen) atoms. The van der Waals surface area contributed by atoms with Crippen LogP contribution in [0.2, 0.25) is 0 Å². The highest BCUT2D eigenvalue weighted by Gasteiger charge is 2.19. The first-order valence-electron chi connectivity index (χ1n) is 12.1. The van der Waals surface area contributed by atoms with Crippen LogP contribution in [0.3, 0.4) is 0 Å². The molecular weight excluding hydrogens is 440 g/mol. The standard InChI is InChI=1S/C27H34N6O2/c1-5-7-22(6-2)29-27-30-26(25-28-16-17-33(25)31-27)32(18-20-8-12-23(34-3)13-9-20)19-21-10-14-24(35-4)15-11-21/h8-17,22H,5-7,18-19H2,1-4H3,(H,29,31). The third-order valence-electron chi connectivity index (χ3n) is 6.06. The maximum absolute atomic E-state index is 5.34. The van der Waals surface area contributed by atoms with Crippen LogP contribution in [-0.4, -0.2) is 39.8 Å². The molecule has 0 aliphatic rings. The van der Waals surface area contributed by atoms with Crippen molar-refractivity contribution in [3.05, 3.63) is 72.1 Å². The zero-order chi connectivity index (χ0) is 24.6. The molecule has 0 bridgehead atoms. The Morgan fingerprint density at radius 2 is 1.51 bits per heavy atom. The summed E-state index contributed by atoms with van der Waals surface area (Å²) in [6, 6.07) is 16.6. The summed E-state index contributed by atoms with van der Waals surface area (Å²) in [6.45, 7) is 5.69. The number of rotatable bonds is 12. The van der Waals surface area contributed by atoms with Gasteiger partial charge in [-0.1, -0.05) is 44.5 Å². The summed E-state index contributed by atoms with van der Waals surface area (Å²) < 4.78 is 12.5. The topological polar surface area (TPSA) is 76.8 Å². The van der Waals surface area contributed by atoms with Crippen molar-refractivity contribution in [3.63, 3.8) is 0 Å². The Bertz CT molecular complexity index is 1160. The lowest BCUT2D eigenvalue weighted by Gasteiger charge is -2.25. The average molecular weight is 475 g/mol. The number of benzene rings is 2. The number of nitrogens with zero attached hydrogens (tertiary/aromatic N) is 5. The third-order valence-corrected chi connectivity index (χ3v) is 6.06. The molecule has 2 heterocycles. The predicted octanol–water partition coefficient (Wildman–Crippen LogP) is 5.34. The predicted molar refractivity (Wildman–Crippen MR) is 139 cm³/mol. The van der Waals surface area contributed by atoms with Crippen molar-refractivity contribution >= 4 is 17.4 Å². The van der Waals surface area contributed by atoms with E-state index in [4.69, 9.17) is 14.5 Å². The van der Waals surface area contributed by atoms with Crippen LogP contribution in [0.5, 0.6) is 11.5 Å². The fourth-order valence-corrected chi connectivity index (χ4v) is 4.10. The first kappa shape index (κ1) is 24.3. The van der Waals surface area contributed by atoms with Gasteiger partial charge in [0.2, 0.25) is 5.95 Å². The Morgan fingerprint density at radius 3 is 2.03 bits per heavy atom. The molecule has 0 aliphatic carbocycles. The van der Waals surface area contributed by atoms with Gasteiger partial charge >= 0.3 is 0 Å². The highest BCUT2D eigenvalue weighted by atomic mass is 16.5. The molecule has 0 saturated carbocycles. The number of imidazole rings is 1. The Kier molecular flexibility index (Phi) is 8.03. The van der Waals surface area contributed by atoms with Gasteiger partial charge in [-0.15, -0.1) is 5.10 Å². The third kappa shape index (κ3) is 6.01. The molecule has 4 aromatic rings. The van der Waals surface area contributed by atoms with Crippen LogP contribution < -0.4 is 19.7 Å². The molecule has 1 unspecified atom stereocenters. The van der Waals surface area contributed by atoms with Gasteiger partial charge in [-0.05, 0) is 48.2 Å². The molecule has 184 valence electrons. The summed E-state index contributed by atoms with van der Waals surface area (Å²) in [5.41, 5.74) is 3.02. The minimum Gasteiger partial charge on any atom is -0.497 e. The molecular formula is C27H34N6O2. The molecule has 2 aromatic carbocycles. The van der Waals surface area contributed by atoms with Crippen LogP contribution in [0, 0.1) is 0 Å². The minimum absolute atomic E-state index is 0.324. The first-order chi connectivity index (χ1) is 17.1. The Balaban J connectivity index is 1.72. The number of methoxy groups -OCH3 is 2. The van der Waals surface area contributed by atoms with Crippen LogP contribution in [0.25, 0.3) is 5.65 Å². The average Bonchev–Trinajstić information content (AvgIpc) is 3.37. The van der Waals surface area contributed by atoms with E-state index >= 15 is 0 Å². The van der Waals surface area contributed by atoms with E-state index in [1.165, 1.54) is 0 Å². The van der Waals surface area contributed by atoms with Crippen LogP contribution in [0.4, 0.5) is 11.8 Å². The number of ether oxygens (including phenoxy) is 2. The van der Waals surface area contributed by atoms with Gasteiger partial charge < -0.3 is 19.7 Å². The molecule has 8 nitrogen and oxygen atoms in total. The zero-order valence-electron chi connectivity index (χ0n) is 20.9. The molecule has 4 rings (SSSR count). The quantitative estimate of drug-likeness (QED) is 0.297. The van der Waals surface area contributed by atoms with E-state index in [-0.39, 0.29) is 0 Å². The second-order valence-electron chi connectivity index (χ2n) is 8.54. The molecule has 0 saturated heterocycles. The Morgan fingerprint density at radius 1 is 0.914 bits per heavy atom. The molecule has 0 spiro atoms. The maximum Gasteiger partial charge on any atom is 0.243 e. The van der Waals surface area contributed by atoms with E-state index in [9.17, 15) is 0 Å². The normalized spacial score (nSPS) is 11.9. The van der Waals surface area contributed by atoms with Crippen molar-refractivity contribution in [2.75, 3.05) is 24.4 Å². The fourth-order valence-electron chi connectivity index (χ4n) is 4.10. The molecule has 1 N–H and O–H groups in total. The van der Waals surface area contributed by atoms with E-state index in [1.807, 2.05) is 30.5 Å². The monoisotopic (exact) mass is 474 g/mol. The van der Waals surface area contributed by atoms with Crippen molar-refractivity contribution in [2.24, 2.45) is 0 Å². The maximum atomic E-state index is 5.34. The summed E-state index contributed by atoms with van der Waals surface area (Å²) in [7, 11) is 3.36. The second kappa shape index (κ2) is 11.6. The van der Waals surface area contributed by atoms with Crippen LogP contribution in [0.1, 0.15) is 44.2 Å². The molecule has 2 aromatic heterocycles. The Labute approximate surface area is 206 Å². The number of hydrogen-bond donors (Lipinski definition) is 1. The van der Waals surface area contributed by atoms with Gasteiger partial charge in [-0.2, -0.15) is 4.98 Å². The number of aromatic nitrogens is 4. The van der Waals surface area contributed by atoms with Gasteiger partial charge in [0.05, 0.1) is 14.2 Å². The van der Waals surface area contributed by atoms with Gasteiger partial charge in [-0.3, -0.25) is 0 Å². The van der Waals surface area contributed by atoms with Crippen molar-refractivity contribution in [1.82, 2.24) is 19.6 Å². The Hall–Kier alpha value is -3.81. The lowest BCUT2D eigenvalue weighted by Crippen LogP contribution is -2.26. The molecule has 0 radical (unpaired) electrons. The van der Waals surface area contributed by atoms with Crippen molar-refractivity contribution in [2.45, 2.75) is 52.2 Å². The van der Waals surface area contributed by atoms with Crippen LogP contribution >= 0.6 is 0 Å². The highest BCUT2D eigenvalue weighted by Crippen LogP contribution is 2.25. The van der Waals surface area contributed by atoms with Crippen molar-refractivity contribution in [3.8, 4) is 11.5 Å². The van der Waals surface area contributed by atoms with Gasteiger partial charge in [0, 0.05) is 31.5 Å². The second-order valence-corrected chi connectivity index (χ2v) is 8.54. The summed E-state index contributed by atoms with van der Waals surface area (Å²) in [6.07, 6.45) is 6.81. The van der Waals surface area contributed by atoms with Crippen molar-refractivity contribution in [1.29, 1.82) is 0 Å². The molecule has 1 atom stereocenters. The summed E-state index contributed by atoms with van der Waals surface area (Å²) in [5.74, 6) is 3.06. The molecule has 0 aliphatic heterocycles. The van der Waals surface area contributed by atoms with Crippen molar-refractivity contribution < 1.29 is 9.47 Å². The highest BCUT2D eigenvalue weighted by molar-refractivity contribution is 5.65. The van der Waals surface area contributed by atoms with Crippen LogP contribution in [0.15, 0.2) is 60.9 Å². The van der Waals surface area contributed by atoms with E-state index in [0.29, 0.717) is 25.1 Å². The van der Waals surface area contributed by atoms with Gasteiger partial charge in [0.1, 0.15) is 11.5 Å². The minimum atomic E-state index is 0.324. The lowest BCUT2D eigenvalue weighted by atomic mass is 10.1. The number of nitrogens with one attached hydrogen (secondary N) is 1. The number of fused-ring (bicyclic) bond motifs is 1. The summed E-state index contributed by atoms with van der Waals surface area (Å²) in [5, 5.41) is 8.21. The molecule has 8 heteroatoms. The van der Waals surface area contributed by atoms with Gasteiger partial charge in [0.15, 0.2) is 11.5 Å². The van der Waals surface area contributed by atoms with Crippen LogP contribution in [-0.2, 0) is 13.1 Å². The van der Waals surface area contributed by atoms with E-state index in [1.54, 1.807) is 24.9 Å². The van der Waals surface area contributed by atoms with Gasteiger partial charge in [-0.25, -0.2) is 9.50 Å². The molecule has 0 amide bonds. The van der Waals surface area contributed by atoms with E-state index in [2.05, 4.69) is 58.4 Å². The largest absolute Gasteiger partial charge is 0.497 e. The van der Waals surface area contributed by atoms with E-state index < -0.39 is 0 Å². The fraction of sp³-hybridized carbons (Fsp3) is 0.370. The number of hydrogen-bond acceptors (Lipinski definition) is 7. The zero-order valence-corrected chi connectivity index (χ0v) is 20.9. The van der Waals surface area contributed by atoms with Gasteiger partial charge in [0.25, 0.3) is 0 Å². The summed E-state index contributed by atoms with van der Waals surface area (Å²) in [4.78, 5) is 11.8. The molecule has 0 fully saturated rings. The first-order valence-corrected chi connectivity index (χ1v) is 12.1. The SMILES string of the molecule is CCCC(CC)Nc1nc(N(Cc2ccc(OC)cc2)Cc2ccc(OC)cc2)c2nccn2n1. The van der Waals surface area contributed by atoms with E-state index in [0.717, 1.165) is 53.4 Å². The number of anilines is 2. The summed E-state index contributed by atoms with van der Waals surface area (Å²) >= 11 is 0.